The molecule has 1 aliphatic heterocycles. The van der Waals surface area contributed by atoms with Crippen LogP contribution in [0.2, 0.25) is 0 Å². The standard InChI is InChI=1S/C17H20N4OS/c22-16(13-23-17-18-9-5-10-19-17)21-11-4-8-15(12-21)20-14-6-2-1-3-7-14/h1-3,5-7,9-10,15,20H,4,8,11-13H2/t15-/m0/s1. The van der Waals surface area contributed by atoms with Gasteiger partial charge in [0, 0.05) is 37.2 Å². The number of hydrogen-bond donors (Lipinski definition) is 1. The number of thioether (sulfide) groups is 1. The Balaban J connectivity index is 1.50. The van der Waals surface area contributed by atoms with Crippen LogP contribution in [-0.4, -0.2) is 45.7 Å². The van der Waals surface area contributed by atoms with E-state index in [0.717, 1.165) is 31.6 Å². The Labute approximate surface area is 140 Å². The number of anilines is 1. The van der Waals surface area contributed by atoms with Gasteiger partial charge in [-0.1, -0.05) is 30.0 Å². The molecule has 1 aliphatic rings. The van der Waals surface area contributed by atoms with Gasteiger partial charge in [0.2, 0.25) is 5.91 Å². The first kappa shape index (κ1) is 15.8. The number of hydrogen-bond acceptors (Lipinski definition) is 5. The van der Waals surface area contributed by atoms with E-state index >= 15 is 0 Å². The van der Waals surface area contributed by atoms with Crippen molar-refractivity contribution in [3.63, 3.8) is 0 Å². The summed E-state index contributed by atoms with van der Waals surface area (Å²) in [6.45, 7) is 1.59. The topological polar surface area (TPSA) is 58.1 Å². The van der Waals surface area contributed by atoms with Gasteiger partial charge in [-0.05, 0) is 31.0 Å². The molecule has 0 radical (unpaired) electrons. The third-order valence-electron chi connectivity index (χ3n) is 3.79. The van der Waals surface area contributed by atoms with E-state index in [1.807, 2.05) is 23.1 Å². The molecule has 0 spiro atoms. The third-order valence-corrected chi connectivity index (χ3v) is 4.65. The number of carbonyl (C=O) groups excluding carboxylic acids is 1. The van der Waals surface area contributed by atoms with Crippen molar-refractivity contribution < 1.29 is 4.79 Å². The SMILES string of the molecule is O=C(CSc1ncccn1)N1CCC[C@H](Nc2ccccc2)C1. The van der Waals surface area contributed by atoms with E-state index in [1.165, 1.54) is 11.8 Å². The molecule has 1 fully saturated rings. The van der Waals surface area contributed by atoms with Crippen LogP contribution in [0.1, 0.15) is 12.8 Å². The number of benzene rings is 1. The fraction of sp³-hybridized carbons (Fsp3) is 0.353. The van der Waals surface area contributed by atoms with Crippen molar-refractivity contribution in [3.05, 3.63) is 48.8 Å². The van der Waals surface area contributed by atoms with Gasteiger partial charge in [-0.3, -0.25) is 4.79 Å². The van der Waals surface area contributed by atoms with Crippen LogP contribution >= 0.6 is 11.8 Å². The van der Waals surface area contributed by atoms with Crippen molar-refractivity contribution in [3.8, 4) is 0 Å². The van der Waals surface area contributed by atoms with Gasteiger partial charge in [0.15, 0.2) is 5.16 Å². The zero-order valence-electron chi connectivity index (χ0n) is 12.9. The minimum absolute atomic E-state index is 0.155. The largest absolute Gasteiger partial charge is 0.381 e. The first-order valence-corrected chi connectivity index (χ1v) is 8.79. The van der Waals surface area contributed by atoms with Crippen molar-refractivity contribution in [1.82, 2.24) is 14.9 Å². The second-order valence-electron chi connectivity index (χ2n) is 5.51. The van der Waals surface area contributed by atoms with Gasteiger partial charge >= 0.3 is 0 Å². The van der Waals surface area contributed by atoms with E-state index in [4.69, 9.17) is 0 Å². The van der Waals surface area contributed by atoms with E-state index in [2.05, 4.69) is 27.4 Å². The number of para-hydroxylation sites is 1. The predicted molar refractivity (Wildman–Crippen MR) is 92.4 cm³/mol. The monoisotopic (exact) mass is 328 g/mol. The van der Waals surface area contributed by atoms with Gasteiger partial charge < -0.3 is 10.2 Å². The zero-order chi connectivity index (χ0) is 15.9. The Morgan fingerprint density at radius 1 is 1.22 bits per heavy atom. The number of likely N-dealkylation sites (tertiary alicyclic amines) is 1. The molecule has 0 saturated carbocycles. The lowest BCUT2D eigenvalue weighted by molar-refractivity contribution is -0.129. The molecular formula is C17H20N4OS. The van der Waals surface area contributed by atoms with Gasteiger partial charge in [-0.25, -0.2) is 9.97 Å². The summed E-state index contributed by atoms with van der Waals surface area (Å²) in [5.74, 6) is 0.546. The molecule has 0 unspecified atom stereocenters. The minimum Gasteiger partial charge on any atom is -0.381 e. The van der Waals surface area contributed by atoms with Crippen LogP contribution in [0.15, 0.2) is 53.9 Å². The van der Waals surface area contributed by atoms with Crippen LogP contribution in [0.4, 0.5) is 5.69 Å². The number of nitrogens with one attached hydrogen (secondary N) is 1. The van der Waals surface area contributed by atoms with Crippen LogP contribution in [0.5, 0.6) is 0 Å². The Hall–Kier alpha value is -2.08. The number of piperidine rings is 1. The highest BCUT2D eigenvalue weighted by Crippen LogP contribution is 2.18. The Kier molecular flexibility index (Phi) is 5.47. The number of nitrogens with zero attached hydrogens (tertiary/aromatic N) is 3. The summed E-state index contributed by atoms with van der Waals surface area (Å²) >= 11 is 1.39. The summed E-state index contributed by atoms with van der Waals surface area (Å²) in [4.78, 5) is 22.6. The zero-order valence-corrected chi connectivity index (χ0v) is 13.7. The maximum Gasteiger partial charge on any atom is 0.233 e. The summed E-state index contributed by atoms with van der Waals surface area (Å²) < 4.78 is 0. The first-order valence-electron chi connectivity index (χ1n) is 7.80. The second-order valence-corrected chi connectivity index (χ2v) is 6.45. The van der Waals surface area contributed by atoms with Gasteiger partial charge in [-0.15, -0.1) is 0 Å². The van der Waals surface area contributed by atoms with Crippen LogP contribution in [-0.2, 0) is 4.79 Å². The third kappa shape index (κ3) is 4.69. The van der Waals surface area contributed by atoms with E-state index in [0.29, 0.717) is 17.0 Å². The molecule has 3 rings (SSSR count). The molecule has 6 heteroatoms. The van der Waals surface area contributed by atoms with Crippen molar-refractivity contribution in [2.24, 2.45) is 0 Å². The Morgan fingerprint density at radius 2 is 2.00 bits per heavy atom. The lowest BCUT2D eigenvalue weighted by Crippen LogP contribution is -2.45. The molecule has 1 aromatic carbocycles. The highest BCUT2D eigenvalue weighted by molar-refractivity contribution is 7.99. The van der Waals surface area contributed by atoms with Gasteiger partial charge in [-0.2, -0.15) is 0 Å². The number of amides is 1. The van der Waals surface area contributed by atoms with Crippen molar-refractivity contribution in [2.45, 2.75) is 24.0 Å². The molecule has 0 aliphatic carbocycles. The summed E-state index contributed by atoms with van der Waals surface area (Å²) in [7, 11) is 0. The molecule has 1 saturated heterocycles. The van der Waals surface area contributed by atoms with Crippen LogP contribution in [0.25, 0.3) is 0 Å². The van der Waals surface area contributed by atoms with E-state index < -0.39 is 0 Å². The smallest absolute Gasteiger partial charge is 0.233 e. The summed E-state index contributed by atoms with van der Waals surface area (Å²) in [6.07, 6.45) is 5.51. The highest BCUT2D eigenvalue weighted by atomic mass is 32.2. The molecule has 120 valence electrons. The van der Waals surface area contributed by atoms with E-state index in [9.17, 15) is 4.79 Å². The average molecular weight is 328 g/mol. The lowest BCUT2D eigenvalue weighted by atomic mass is 10.1. The first-order chi connectivity index (χ1) is 11.3. The summed E-state index contributed by atoms with van der Waals surface area (Å²) in [5.41, 5.74) is 1.11. The van der Waals surface area contributed by atoms with Crippen LogP contribution in [0, 0.1) is 0 Å². The highest BCUT2D eigenvalue weighted by Gasteiger charge is 2.23. The predicted octanol–water partition coefficient (Wildman–Crippen LogP) is 2.67. The normalized spacial score (nSPS) is 17.7. The molecule has 23 heavy (non-hydrogen) atoms. The molecule has 2 aromatic rings. The minimum atomic E-state index is 0.155. The number of aromatic nitrogens is 2. The maximum absolute atomic E-state index is 12.4. The van der Waals surface area contributed by atoms with Crippen molar-refractivity contribution in [2.75, 3.05) is 24.2 Å². The Morgan fingerprint density at radius 3 is 2.78 bits per heavy atom. The van der Waals surface area contributed by atoms with Crippen LogP contribution < -0.4 is 5.32 Å². The van der Waals surface area contributed by atoms with Crippen molar-refractivity contribution >= 4 is 23.4 Å². The molecular weight excluding hydrogens is 308 g/mol. The van der Waals surface area contributed by atoms with Gasteiger partial charge in [0.25, 0.3) is 0 Å². The van der Waals surface area contributed by atoms with E-state index in [1.54, 1.807) is 18.5 Å². The average Bonchev–Trinajstić information content (AvgIpc) is 2.62. The second kappa shape index (κ2) is 7.97. The fourth-order valence-electron chi connectivity index (χ4n) is 2.67. The molecule has 0 bridgehead atoms. The van der Waals surface area contributed by atoms with Crippen molar-refractivity contribution in [1.29, 1.82) is 0 Å². The van der Waals surface area contributed by atoms with E-state index in [-0.39, 0.29) is 5.91 Å². The molecule has 2 heterocycles. The summed E-state index contributed by atoms with van der Waals surface area (Å²) in [6, 6.07) is 12.2. The molecule has 1 atom stereocenters. The quantitative estimate of drug-likeness (QED) is 0.675. The van der Waals surface area contributed by atoms with Gasteiger partial charge in [0.1, 0.15) is 0 Å². The molecule has 1 aromatic heterocycles. The number of rotatable bonds is 5. The lowest BCUT2D eigenvalue weighted by Gasteiger charge is -2.33. The van der Waals surface area contributed by atoms with Gasteiger partial charge in [0.05, 0.1) is 5.75 Å². The molecule has 1 N–H and O–H groups in total. The summed E-state index contributed by atoms with van der Waals surface area (Å²) in [5, 5.41) is 4.16. The van der Waals surface area contributed by atoms with Crippen LogP contribution in [0.3, 0.4) is 0 Å². The fourth-order valence-corrected chi connectivity index (χ4v) is 3.38. The maximum atomic E-state index is 12.4. The number of carbonyl (C=O) groups is 1. The molecule has 1 amide bonds. The Bertz CT molecular complexity index is 623. The molecule has 5 nitrogen and oxygen atoms in total.